The van der Waals surface area contributed by atoms with E-state index in [0.29, 0.717) is 0 Å². The summed E-state index contributed by atoms with van der Waals surface area (Å²) in [7, 11) is 3.35. The molecule has 0 aromatic heterocycles. The molecule has 0 aliphatic heterocycles. The van der Waals surface area contributed by atoms with Gasteiger partial charge in [0.25, 0.3) is 0 Å². The van der Waals surface area contributed by atoms with Gasteiger partial charge in [-0.1, -0.05) is 6.07 Å². The second-order valence-electron chi connectivity index (χ2n) is 4.16. The van der Waals surface area contributed by atoms with E-state index in [2.05, 4.69) is 5.32 Å². The van der Waals surface area contributed by atoms with Crippen molar-refractivity contribution in [1.82, 2.24) is 5.32 Å². The van der Waals surface area contributed by atoms with E-state index in [9.17, 15) is 0 Å². The lowest BCUT2D eigenvalue weighted by Gasteiger charge is -2.14. The topological polar surface area (TPSA) is 50.7 Å². The molecule has 0 fully saturated rings. The van der Waals surface area contributed by atoms with Crippen LogP contribution in [0, 0.1) is 6.92 Å². The molecule has 0 amide bonds. The average Bonchev–Trinajstić information content (AvgIpc) is 2.39. The fourth-order valence-electron chi connectivity index (χ4n) is 1.98. The first kappa shape index (κ1) is 14.8. The Hall–Kier alpha value is -1.26. The standard InChI is InChI=1S/C14H23NO3/c1-11-13(17-2)6-5-12(14(11)18-3)7-9-15-8-4-10-16/h5-6,15-16H,4,7-10H2,1-3H3. The number of methoxy groups -OCH3 is 2. The number of hydrogen-bond acceptors (Lipinski definition) is 4. The number of rotatable bonds is 8. The number of aliphatic hydroxyl groups excluding tert-OH is 1. The first-order chi connectivity index (χ1) is 8.74. The second kappa shape index (κ2) is 7.95. The van der Waals surface area contributed by atoms with Crippen molar-refractivity contribution in [3.8, 4) is 11.5 Å². The van der Waals surface area contributed by atoms with Gasteiger partial charge in [0.05, 0.1) is 14.2 Å². The van der Waals surface area contributed by atoms with Crippen molar-refractivity contribution >= 4 is 0 Å². The van der Waals surface area contributed by atoms with Crippen molar-refractivity contribution in [2.45, 2.75) is 19.8 Å². The van der Waals surface area contributed by atoms with Gasteiger partial charge in [-0.3, -0.25) is 0 Å². The minimum absolute atomic E-state index is 0.234. The van der Waals surface area contributed by atoms with E-state index in [-0.39, 0.29) is 6.61 Å². The molecule has 4 nitrogen and oxygen atoms in total. The van der Waals surface area contributed by atoms with Gasteiger partial charge in [0.1, 0.15) is 11.5 Å². The van der Waals surface area contributed by atoms with Crippen LogP contribution < -0.4 is 14.8 Å². The van der Waals surface area contributed by atoms with Gasteiger partial charge in [-0.15, -0.1) is 0 Å². The SMILES string of the molecule is COc1ccc(CCNCCCO)c(OC)c1C. The Bertz CT molecular complexity index is 366. The largest absolute Gasteiger partial charge is 0.496 e. The van der Waals surface area contributed by atoms with Crippen LogP contribution >= 0.6 is 0 Å². The normalized spacial score (nSPS) is 10.4. The summed E-state index contributed by atoms with van der Waals surface area (Å²) < 4.78 is 10.7. The molecular formula is C14H23NO3. The zero-order valence-corrected chi connectivity index (χ0v) is 11.5. The minimum atomic E-state index is 0.234. The smallest absolute Gasteiger partial charge is 0.128 e. The molecular weight excluding hydrogens is 230 g/mol. The van der Waals surface area contributed by atoms with Gasteiger partial charge in [-0.05, 0) is 44.5 Å². The number of ether oxygens (including phenoxy) is 2. The highest BCUT2D eigenvalue weighted by atomic mass is 16.5. The average molecular weight is 253 g/mol. The molecule has 1 rings (SSSR count). The fourth-order valence-corrected chi connectivity index (χ4v) is 1.98. The Morgan fingerprint density at radius 1 is 1.17 bits per heavy atom. The molecule has 0 heterocycles. The number of benzene rings is 1. The van der Waals surface area contributed by atoms with Gasteiger partial charge >= 0.3 is 0 Å². The van der Waals surface area contributed by atoms with Crippen LogP contribution in [-0.2, 0) is 6.42 Å². The van der Waals surface area contributed by atoms with Crippen LogP contribution in [0.15, 0.2) is 12.1 Å². The van der Waals surface area contributed by atoms with Crippen LogP contribution in [0.2, 0.25) is 0 Å². The van der Waals surface area contributed by atoms with Crippen molar-refractivity contribution in [3.63, 3.8) is 0 Å². The molecule has 0 saturated carbocycles. The van der Waals surface area contributed by atoms with Gasteiger partial charge in [-0.2, -0.15) is 0 Å². The van der Waals surface area contributed by atoms with E-state index in [1.165, 1.54) is 5.56 Å². The Morgan fingerprint density at radius 3 is 2.56 bits per heavy atom. The van der Waals surface area contributed by atoms with E-state index in [4.69, 9.17) is 14.6 Å². The van der Waals surface area contributed by atoms with E-state index in [1.54, 1.807) is 14.2 Å². The van der Waals surface area contributed by atoms with Crippen molar-refractivity contribution in [3.05, 3.63) is 23.3 Å². The second-order valence-corrected chi connectivity index (χ2v) is 4.16. The Kier molecular flexibility index (Phi) is 6.54. The summed E-state index contributed by atoms with van der Waals surface area (Å²) in [5.41, 5.74) is 2.21. The molecule has 4 heteroatoms. The van der Waals surface area contributed by atoms with Crippen molar-refractivity contribution in [1.29, 1.82) is 0 Å². The molecule has 0 saturated heterocycles. The van der Waals surface area contributed by atoms with Crippen LogP contribution in [0.1, 0.15) is 17.5 Å². The maximum absolute atomic E-state index is 8.68. The highest BCUT2D eigenvalue weighted by molar-refractivity contribution is 5.49. The molecule has 0 bridgehead atoms. The fraction of sp³-hybridized carbons (Fsp3) is 0.571. The lowest BCUT2D eigenvalue weighted by molar-refractivity contribution is 0.286. The summed E-state index contributed by atoms with van der Waals surface area (Å²) in [6.07, 6.45) is 1.69. The van der Waals surface area contributed by atoms with Crippen LogP contribution in [0.25, 0.3) is 0 Å². The molecule has 0 spiro atoms. The minimum Gasteiger partial charge on any atom is -0.496 e. The Labute approximate surface area is 109 Å². The summed E-state index contributed by atoms with van der Waals surface area (Å²) in [5, 5.41) is 12.0. The zero-order chi connectivity index (χ0) is 13.4. The Balaban J connectivity index is 2.62. The lowest BCUT2D eigenvalue weighted by atomic mass is 10.1. The molecule has 0 unspecified atom stereocenters. The van der Waals surface area contributed by atoms with Gasteiger partial charge in [0.2, 0.25) is 0 Å². The maximum Gasteiger partial charge on any atom is 0.128 e. The van der Waals surface area contributed by atoms with E-state index >= 15 is 0 Å². The molecule has 2 N–H and O–H groups in total. The summed E-state index contributed by atoms with van der Waals surface area (Å²) in [6.45, 7) is 3.95. The monoisotopic (exact) mass is 253 g/mol. The summed E-state index contributed by atoms with van der Waals surface area (Å²) in [5.74, 6) is 1.75. The third kappa shape index (κ3) is 3.89. The van der Waals surface area contributed by atoms with E-state index < -0.39 is 0 Å². The third-order valence-corrected chi connectivity index (χ3v) is 2.94. The van der Waals surface area contributed by atoms with Gasteiger partial charge in [0.15, 0.2) is 0 Å². The van der Waals surface area contributed by atoms with Gasteiger partial charge in [0, 0.05) is 12.2 Å². The highest BCUT2D eigenvalue weighted by Gasteiger charge is 2.10. The van der Waals surface area contributed by atoms with Crippen molar-refractivity contribution < 1.29 is 14.6 Å². The number of aliphatic hydroxyl groups is 1. The quantitative estimate of drug-likeness (QED) is 0.690. The summed E-state index contributed by atoms with van der Waals surface area (Å²) in [4.78, 5) is 0. The van der Waals surface area contributed by atoms with Gasteiger partial charge in [-0.25, -0.2) is 0 Å². The van der Waals surface area contributed by atoms with Crippen molar-refractivity contribution in [2.24, 2.45) is 0 Å². The van der Waals surface area contributed by atoms with Crippen LogP contribution in [-0.4, -0.2) is 39.0 Å². The lowest BCUT2D eigenvalue weighted by Crippen LogP contribution is -2.19. The highest BCUT2D eigenvalue weighted by Crippen LogP contribution is 2.31. The van der Waals surface area contributed by atoms with Gasteiger partial charge < -0.3 is 19.9 Å². The Morgan fingerprint density at radius 2 is 1.94 bits per heavy atom. The van der Waals surface area contributed by atoms with E-state index in [1.807, 2.05) is 19.1 Å². The maximum atomic E-state index is 8.68. The predicted octanol–water partition coefficient (Wildman–Crippen LogP) is 1.53. The molecule has 18 heavy (non-hydrogen) atoms. The molecule has 0 aliphatic carbocycles. The molecule has 0 radical (unpaired) electrons. The molecule has 1 aromatic carbocycles. The first-order valence-electron chi connectivity index (χ1n) is 6.26. The van der Waals surface area contributed by atoms with Crippen LogP contribution in [0.3, 0.4) is 0 Å². The zero-order valence-electron chi connectivity index (χ0n) is 11.5. The van der Waals surface area contributed by atoms with E-state index in [0.717, 1.165) is 43.0 Å². The molecule has 0 aliphatic rings. The molecule has 1 aromatic rings. The predicted molar refractivity (Wildman–Crippen MR) is 72.6 cm³/mol. The number of nitrogens with one attached hydrogen (secondary N) is 1. The van der Waals surface area contributed by atoms with Crippen LogP contribution in [0.5, 0.6) is 11.5 Å². The van der Waals surface area contributed by atoms with Crippen LogP contribution in [0.4, 0.5) is 0 Å². The first-order valence-corrected chi connectivity index (χ1v) is 6.26. The third-order valence-electron chi connectivity index (χ3n) is 2.94. The molecule has 0 atom stereocenters. The summed E-state index contributed by atoms with van der Waals surface area (Å²) in [6, 6.07) is 4.01. The number of hydrogen-bond donors (Lipinski definition) is 2. The summed E-state index contributed by atoms with van der Waals surface area (Å²) >= 11 is 0. The molecule has 102 valence electrons. The van der Waals surface area contributed by atoms with Crippen molar-refractivity contribution in [2.75, 3.05) is 33.9 Å².